The monoisotopic (exact) mass is 390 g/mol. The van der Waals surface area contributed by atoms with E-state index in [9.17, 15) is 18.0 Å². The highest BCUT2D eigenvalue weighted by molar-refractivity contribution is 7.89. The molecule has 0 unspecified atom stereocenters. The minimum atomic E-state index is -3.74. The van der Waals surface area contributed by atoms with Crippen molar-refractivity contribution >= 4 is 21.8 Å². The van der Waals surface area contributed by atoms with E-state index in [-0.39, 0.29) is 53.4 Å². The third-order valence-electron chi connectivity index (χ3n) is 5.67. The van der Waals surface area contributed by atoms with Crippen LogP contribution in [0.1, 0.15) is 18.4 Å². The highest BCUT2D eigenvalue weighted by Gasteiger charge is 2.53. The van der Waals surface area contributed by atoms with Gasteiger partial charge in [-0.15, -0.1) is 0 Å². The molecule has 3 aliphatic rings. The van der Waals surface area contributed by atoms with Gasteiger partial charge in [-0.1, -0.05) is 18.2 Å². The van der Waals surface area contributed by atoms with Crippen LogP contribution in [0.2, 0.25) is 0 Å². The second-order valence-electron chi connectivity index (χ2n) is 7.33. The van der Waals surface area contributed by atoms with E-state index < -0.39 is 10.0 Å². The SMILES string of the molecule is COc1ccc(C)cc1S(=O)(=O)N1CC(N2C(=O)[C@H]3CC=CC[C@H]3C2=O)C1. The first-order valence-electron chi connectivity index (χ1n) is 9.01. The van der Waals surface area contributed by atoms with Crippen LogP contribution in [0.3, 0.4) is 0 Å². The van der Waals surface area contributed by atoms with Gasteiger partial charge in [0.15, 0.2) is 0 Å². The number of sulfonamides is 1. The molecule has 2 saturated heterocycles. The van der Waals surface area contributed by atoms with Gasteiger partial charge in [0.1, 0.15) is 10.6 Å². The Kier molecular flexibility index (Phi) is 4.35. The van der Waals surface area contributed by atoms with Gasteiger partial charge >= 0.3 is 0 Å². The fraction of sp³-hybridized carbons (Fsp3) is 0.474. The van der Waals surface area contributed by atoms with Gasteiger partial charge in [0.05, 0.1) is 25.0 Å². The number of aryl methyl sites for hydroxylation is 1. The average Bonchev–Trinajstić information content (AvgIpc) is 2.86. The number of amides is 2. The number of nitrogens with zero attached hydrogens (tertiary/aromatic N) is 2. The molecule has 4 rings (SSSR count). The first-order valence-corrected chi connectivity index (χ1v) is 10.5. The molecule has 27 heavy (non-hydrogen) atoms. The van der Waals surface area contributed by atoms with Crippen LogP contribution in [0, 0.1) is 18.8 Å². The molecule has 8 heteroatoms. The van der Waals surface area contributed by atoms with E-state index in [0.29, 0.717) is 12.8 Å². The zero-order valence-electron chi connectivity index (χ0n) is 15.3. The summed E-state index contributed by atoms with van der Waals surface area (Å²) in [6.45, 7) is 2.07. The van der Waals surface area contributed by atoms with Crippen molar-refractivity contribution in [2.75, 3.05) is 20.2 Å². The third-order valence-corrected chi connectivity index (χ3v) is 7.53. The van der Waals surface area contributed by atoms with Crippen molar-refractivity contribution in [3.8, 4) is 5.75 Å². The van der Waals surface area contributed by atoms with Gasteiger partial charge < -0.3 is 4.74 Å². The second-order valence-corrected chi connectivity index (χ2v) is 9.24. The number of likely N-dealkylation sites (tertiary alicyclic amines) is 1. The first kappa shape index (κ1) is 18.2. The number of carbonyl (C=O) groups excluding carboxylic acids is 2. The molecule has 2 heterocycles. The lowest BCUT2D eigenvalue weighted by Crippen LogP contribution is -2.62. The Labute approximate surface area is 158 Å². The van der Waals surface area contributed by atoms with Crippen molar-refractivity contribution in [2.45, 2.75) is 30.7 Å². The normalized spacial score (nSPS) is 26.2. The summed E-state index contributed by atoms with van der Waals surface area (Å²) in [6, 6.07) is 4.60. The van der Waals surface area contributed by atoms with E-state index in [4.69, 9.17) is 4.74 Å². The van der Waals surface area contributed by atoms with E-state index in [1.165, 1.54) is 16.3 Å². The molecule has 2 aliphatic heterocycles. The van der Waals surface area contributed by atoms with E-state index in [1.807, 2.05) is 19.1 Å². The Morgan fingerprint density at radius 1 is 1.04 bits per heavy atom. The fourth-order valence-electron chi connectivity index (χ4n) is 4.09. The molecule has 1 aromatic rings. The number of hydrogen-bond donors (Lipinski definition) is 0. The first-order chi connectivity index (χ1) is 12.8. The molecule has 0 aromatic heterocycles. The van der Waals surface area contributed by atoms with Gasteiger partial charge in [0.2, 0.25) is 21.8 Å². The molecule has 0 radical (unpaired) electrons. The lowest BCUT2D eigenvalue weighted by molar-refractivity contribution is -0.145. The van der Waals surface area contributed by atoms with Crippen LogP contribution >= 0.6 is 0 Å². The number of imide groups is 1. The largest absolute Gasteiger partial charge is 0.495 e. The molecule has 1 aromatic carbocycles. The minimum absolute atomic E-state index is 0.111. The zero-order valence-corrected chi connectivity index (χ0v) is 16.1. The van der Waals surface area contributed by atoms with Crippen LogP contribution in [0.4, 0.5) is 0 Å². The standard InChI is InChI=1S/C19H22N2O5S/c1-12-7-8-16(26-2)17(9-12)27(24,25)20-10-13(11-20)21-18(22)14-5-3-4-6-15(14)19(21)23/h3-4,7-9,13-15H,5-6,10-11H2,1-2H3/t14-,15+. The highest BCUT2D eigenvalue weighted by Crippen LogP contribution is 2.39. The highest BCUT2D eigenvalue weighted by atomic mass is 32.2. The number of benzene rings is 1. The van der Waals surface area contributed by atoms with E-state index in [2.05, 4.69) is 0 Å². The lowest BCUT2D eigenvalue weighted by atomic mass is 9.85. The van der Waals surface area contributed by atoms with E-state index >= 15 is 0 Å². The summed E-state index contributed by atoms with van der Waals surface area (Å²) in [4.78, 5) is 26.7. The van der Waals surface area contributed by atoms with E-state index in [0.717, 1.165) is 5.56 Å². The summed E-state index contributed by atoms with van der Waals surface area (Å²) in [5.74, 6) is -0.612. The van der Waals surface area contributed by atoms with Gasteiger partial charge in [-0.3, -0.25) is 14.5 Å². The van der Waals surface area contributed by atoms with Crippen molar-refractivity contribution < 1.29 is 22.7 Å². The summed E-state index contributed by atoms with van der Waals surface area (Å²) in [7, 11) is -2.31. The average molecular weight is 390 g/mol. The van der Waals surface area contributed by atoms with Crippen LogP contribution < -0.4 is 4.74 Å². The molecule has 1 aliphatic carbocycles. The van der Waals surface area contributed by atoms with Crippen LogP contribution in [-0.2, 0) is 19.6 Å². The van der Waals surface area contributed by atoms with Crippen LogP contribution in [0.5, 0.6) is 5.75 Å². The maximum Gasteiger partial charge on any atom is 0.246 e. The molecule has 2 atom stereocenters. The Balaban J connectivity index is 1.52. The summed E-state index contributed by atoms with van der Waals surface area (Å²) in [5.41, 5.74) is 0.813. The predicted octanol–water partition coefficient (Wildman–Crippen LogP) is 1.33. The number of hydrogen-bond acceptors (Lipinski definition) is 5. The summed E-state index contributed by atoms with van der Waals surface area (Å²) >= 11 is 0. The van der Waals surface area contributed by atoms with E-state index in [1.54, 1.807) is 18.2 Å². The number of allylic oxidation sites excluding steroid dienone is 2. The van der Waals surface area contributed by atoms with Crippen molar-refractivity contribution in [1.29, 1.82) is 0 Å². The van der Waals surface area contributed by atoms with Gasteiger partial charge in [0, 0.05) is 13.1 Å². The third kappa shape index (κ3) is 2.78. The molecule has 2 amide bonds. The van der Waals surface area contributed by atoms with Gasteiger partial charge in [-0.25, -0.2) is 8.42 Å². The fourth-order valence-corrected chi connectivity index (χ4v) is 5.84. The smallest absolute Gasteiger partial charge is 0.246 e. The summed E-state index contributed by atoms with van der Waals surface area (Å²) < 4.78 is 32.4. The Hall–Kier alpha value is -2.19. The number of rotatable bonds is 4. The molecule has 2 fully saturated rings. The van der Waals surface area contributed by atoms with Gasteiger partial charge in [-0.2, -0.15) is 4.31 Å². The topological polar surface area (TPSA) is 84.0 Å². The van der Waals surface area contributed by atoms with Crippen molar-refractivity contribution in [3.05, 3.63) is 35.9 Å². The summed E-state index contributed by atoms with van der Waals surface area (Å²) in [5, 5.41) is 0. The molecule has 0 N–H and O–H groups in total. The molecule has 7 nitrogen and oxygen atoms in total. The van der Waals surface area contributed by atoms with Crippen molar-refractivity contribution in [2.24, 2.45) is 11.8 Å². The molecule has 144 valence electrons. The minimum Gasteiger partial charge on any atom is -0.495 e. The maximum atomic E-state index is 13.0. The Morgan fingerprint density at radius 3 is 2.19 bits per heavy atom. The zero-order chi connectivity index (χ0) is 19.3. The molecule has 0 saturated carbocycles. The number of fused-ring (bicyclic) bond motifs is 1. The molecular formula is C19H22N2O5S. The summed E-state index contributed by atoms with van der Waals surface area (Å²) in [6.07, 6.45) is 5.05. The van der Waals surface area contributed by atoms with Gasteiger partial charge in [0.25, 0.3) is 0 Å². The lowest BCUT2D eigenvalue weighted by Gasteiger charge is -2.42. The molecule has 0 bridgehead atoms. The van der Waals surface area contributed by atoms with Crippen LogP contribution in [-0.4, -0.2) is 55.7 Å². The number of methoxy groups -OCH3 is 1. The van der Waals surface area contributed by atoms with Crippen molar-refractivity contribution in [3.63, 3.8) is 0 Å². The molecular weight excluding hydrogens is 368 g/mol. The Morgan fingerprint density at radius 2 is 1.63 bits per heavy atom. The maximum absolute atomic E-state index is 13.0. The van der Waals surface area contributed by atoms with Crippen molar-refractivity contribution in [1.82, 2.24) is 9.21 Å². The van der Waals surface area contributed by atoms with Crippen LogP contribution in [0.15, 0.2) is 35.2 Å². The molecule has 0 spiro atoms. The second kappa shape index (κ2) is 6.45. The van der Waals surface area contributed by atoms with Gasteiger partial charge in [-0.05, 0) is 37.5 Å². The quantitative estimate of drug-likeness (QED) is 0.572. The number of carbonyl (C=O) groups is 2. The Bertz CT molecular complexity index is 907. The van der Waals surface area contributed by atoms with Crippen LogP contribution in [0.25, 0.3) is 0 Å². The predicted molar refractivity (Wildman–Crippen MR) is 97.5 cm³/mol. The number of ether oxygens (including phenoxy) is 1.